The molecule has 8 nitrogen and oxygen atoms in total. The number of nitrogens with zero attached hydrogens (tertiary/aromatic N) is 5. The largest absolute Gasteiger partial charge is 0.331 e. The second kappa shape index (κ2) is 8.22. The van der Waals surface area contributed by atoms with Crippen LogP contribution in [-0.4, -0.2) is 48.9 Å². The molecule has 4 rings (SSSR count). The van der Waals surface area contributed by atoms with E-state index in [1.165, 1.54) is 0 Å². The molecule has 1 fully saturated rings. The van der Waals surface area contributed by atoms with Gasteiger partial charge in [0, 0.05) is 24.2 Å². The monoisotopic (exact) mass is 406 g/mol. The van der Waals surface area contributed by atoms with Crippen LogP contribution in [0.3, 0.4) is 0 Å². The number of aryl methyl sites for hydroxylation is 2. The van der Waals surface area contributed by atoms with Crippen molar-refractivity contribution >= 4 is 23.3 Å². The standard InChI is InChI=1S/C22H26N6O2/c1-4-17-18(5-2)26-28-13-19(25-22(28)24-17)15-8-10-16(11-9-15)23-21(30)14(3)27-12-6-7-20(27)29/h8-11,13-14H,4-7,12H2,1-3H3,(H,23,30)/t14-/m1/s1. The molecular weight excluding hydrogens is 380 g/mol. The Bertz CT molecular complexity index is 1050. The number of likely N-dealkylation sites (tertiary alicyclic amines) is 1. The Morgan fingerprint density at radius 2 is 1.87 bits per heavy atom. The van der Waals surface area contributed by atoms with Gasteiger partial charge in [0.25, 0.3) is 5.78 Å². The van der Waals surface area contributed by atoms with Gasteiger partial charge in [-0.1, -0.05) is 26.0 Å². The highest BCUT2D eigenvalue weighted by Gasteiger charge is 2.29. The Hall–Kier alpha value is -3.29. The van der Waals surface area contributed by atoms with E-state index in [0.29, 0.717) is 24.4 Å². The highest BCUT2D eigenvalue weighted by Crippen LogP contribution is 2.22. The summed E-state index contributed by atoms with van der Waals surface area (Å²) in [6.45, 7) is 6.54. The summed E-state index contributed by atoms with van der Waals surface area (Å²) in [5.74, 6) is 0.443. The van der Waals surface area contributed by atoms with Crippen molar-refractivity contribution < 1.29 is 9.59 Å². The Kier molecular flexibility index (Phi) is 5.48. The van der Waals surface area contributed by atoms with Crippen molar-refractivity contribution in [1.82, 2.24) is 24.5 Å². The van der Waals surface area contributed by atoms with Crippen molar-refractivity contribution in [2.75, 3.05) is 11.9 Å². The molecule has 2 amide bonds. The lowest BCUT2D eigenvalue weighted by atomic mass is 10.1. The van der Waals surface area contributed by atoms with Gasteiger partial charge in [0.1, 0.15) is 6.04 Å². The third kappa shape index (κ3) is 3.77. The van der Waals surface area contributed by atoms with Gasteiger partial charge in [-0.25, -0.2) is 14.5 Å². The summed E-state index contributed by atoms with van der Waals surface area (Å²) in [5, 5.41) is 7.52. The molecule has 3 heterocycles. The number of anilines is 1. The lowest BCUT2D eigenvalue weighted by Gasteiger charge is -2.23. The fourth-order valence-electron chi connectivity index (χ4n) is 3.77. The summed E-state index contributed by atoms with van der Waals surface area (Å²) < 4.78 is 1.72. The predicted octanol–water partition coefficient (Wildman–Crippen LogP) is 2.87. The molecular formula is C22H26N6O2. The van der Waals surface area contributed by atoms with E-state index >= 15 is 0 Å². The zero-order valence-corrected chi connectivity index (χ0v) is 17.6. The van der Waals surface area contributed by atoms with E-state index in [1.54, 1.807) is 16.3 Å². The Labute approximate surface area is 175 Å². The minimum atomic E-state index is -0.476. The normalized spacial score (nSPS) is 15.0. The van der Waals surface area contributed by atoms with Crippen LogP contribution in [0.4, 0.5) is 5.69 Å². The highest BCUT2D eigenvalue weighted by atomic mass is 16.2. The molecule has 0 radical (unpaired) electrons. The molecule has 156 valence electrons. The van der Waals surface area contributed by atoms with Crippen LogP contribution < -0.4 is 5.32 Å². The van der Waals surface area contributed by atoms with Crippen molar-refractivity contribution in [3.8, 4) is 11.3 Å². The van der Waals surface area contributed by atoms with E-state index in [9.17, 15) is 9.59 Å². The molecule has 0 bridgehead atoms. The summed E-state index contributed by atoms with van der Waals surface area (Å²) >= 11 is 0. The molecule has 1 N–H and O–H groups in total. The van der Waals surface area contributed by atoms with E-state index < -0.39 is 6.04 Å². The molecule has 0 aliphatic carbocycles. The molecule has 1 aliphatic rings. The van der Waals surface area contributed by atoms with Crippen LogP contribution in [0.5, 0.6) is 0 Å². The minimum absolute atomic E-state index is 0.0412. The summed E-state index contributed by atoms with van der Waals surface area (Å²) in [5.41, 5.74) is 4.34. The molecule has 1 saturated heterocycles. The maximum atomic E-state index is 12.5. The third-order valence-corrected chi connectivity index (χ3v) is 5.54. The molecule has 1 atom stereocenters. The molecule has 1 aliphatic heterocycles. The van der Waals surface area contributed by atoms with Crippen molar-refractivity contribution in [3.05, 3.63) is 41.9 Å². The number of benzene rings is 1. The van der Waals surface area contributed by atoms with E-state index in [-0.39, 0.29) is 11.8 Å². The summed E-state index contributed by atoms with van der Waals surface area (Å²) in [4.78, 5) is 35.2. The number of rotatable bonds is 6. The topological polar surface area (TPSA) is 92.5 Å². The number of hydrogen-bond donors (Lipinski definition) is 1. The molecule has 2 aromatic heterocycles. The summed E-state index contributed by atoms with van der Waals surface area (Å²) in [6, 6.07) is 7.02. The van der Waals surface area contributed by atoms with Crippen LogP contribution in [-0.2, 0) is 22.4 Å². The van der Waals surface area contributed by atoms with Gasteiger partial charge in [-0.05, 0) is 38.3 Å². The zero-order valence-electron chi connectivity index (χ0n) is 17.6. The zero-order chi connectivity index (χ0) is 21.3. The quantitative estimate of drug-likeness (QED) is 0.680. The van der Waals surface area contributed by atoms with Crippen LogP contribution in [0.25, 0.3) is 17.0 Å². The first-order valence-electron chi connectivity index (χ1n) is 10.5. The van der Waals surface area contributed by atoms with Crippen molar-refractivity contribution in [1.29, 1.82) is 0 Å². The van der Waals surface area contributed by atoms with Gasteiger partial charge >= 0.3 is 0 Å². The number of amides is 2. The first-order chi connectivity index (χ1) is 14.5. The Morgan fingerprint density at radius 1 is 1.13 bits per heavy atom. The number of aromatic nitrogens is 4. The van der Waals surface area contributed by atoms with Gasteiger partial charge in [0.15, 0.2) is 0 Å². The smallest absolute Gasteiger partial charge is 0.251 e. The van der Waals surface area contributed by atoms with Crippen LogP contribution in [0.1, 0.15) is 45.0 Å². The van der Waals surface area contributed by atoms with Gasteiger partial charge in [0.05, 0.1) is 23.3 Å². The SMILES string of the molecule is CCc1nc2nc(-c3ccc(NC(=O)[C@@H](C)N4CCCC4=O)cc3)cn2nc1CC. The van der Waals surface area contributed by atoms with Crippen molar-refractivity contribution in [2.24, 2.45) is 0 Å². The number of carbonyl (C=O) groups is 2. The van der Waals surface area contributed by atoms with Gasteiger partial charge in [-0.2, -0.15) is 5.10 Å². The summed E-state index contributed by atoms with van der Waals surface area (Å²) in [6.07, 6.45) is 4.86. The maximum Gasteiger partial charge on any atom is 0.251 e. The molecule has 30 heavy (non-hydrogen) atoms. The van der Waals surface area contributed by atoms with Crippen LogP contribution in [0.15, 0.2) is 30.5 Å². The number of imidazole rings is 1. The minimum Gasteiger partial charge on any atom is -0.331 e. The summed E-state index contributed by atoms with van der Waals surface area (Å²) in [7, 11) is 0. The number of fused-ring (bicyclic) bond motifs is 1. The van der Waals surface area contributed by atoms with Crippen LogP contribution in [0.2, 0.25) is 0 Å². The first-order valence-corrected chi connectivity index (χ1v) is 10.5. The molecule has 0 saturated carbocycles. The molecule has 8 heteroatoms. The molecule has 1 aromatic carbocycles. The lowest BCUT2D eigenvalue weighted by molar-refractivity contribution is -0.134. The van der Waals surface area contributed by atoms with Crippen molar-refractivity contribution in [2.45, 2.75) is 52.5 Å². The average molecular weight is 406 g/mol. The fourth-order valence-corrected chi connectivity index (χ4v) is 3.77. The number of nitrogens with one attached hydrogen (secondary N) is 1. The van der Waals surface area contributed by atoms with E-state index in [4.69, 9.17) is 0 Å². The van der Waals surface area contributed by atoms with E-state index in [2.05, 4.69) is 34.2 Å². The van der Waals surface area contributed by atoms with Gasteiger partial charge in [0.2, 0.25) is 11.8 Å². The van der Waals surface area contributed by atoms with E-state index in [1.807, 2.05) is 30.5 Å². The Morgan fingerprint density at radius 3 is 2.50 bits per heavy atom. The van der Waals surface area contributed by atoms with Crippen molar-refractivity contribution in [3.63, 3.8) is 0 Å². The van der Waals surface area contributed by atoms with Gasteiger partial charge in [-0.15, -0.1) is 0 Å². The number of hydrogen-bond acceptors (Lipinski definition) is 5. The highest BCUT2D eigenvalue weighted by molar-refractivity contribution is 5.97. The predicted molar refractivity (Wildman–Crippen MR) is 114 cm³/mol. The molecule has 3 aromatic rings. The number of carbonyl (C=O) groups excluding carboxylic acids is 2. The third-order valence-electron chi connectivity index (χ3n) is 5.54. The van der Waals surface area contributed by atoms with Gasteiger partial charge in [-0.3, -0.25) is 9.59 Å². The Balaban J connectivity index is 1.50. The fraction of sp³-hybridized carbons (Fsp3) is 0.409. The molecule has 0 spiro atoms. The maximum absolute atomic E-state index is 12.5. The lowest BCUT2D eigenvalue weighted by Crippen LogP contribution is -2.42. The molecule has 0 unspecified atom stereocenters. The van der Waals surface area contributed by atoms with Crippen LogP contribution in [0, 0.1) is 0 Å². The second-order valence-corrected chi connectivity index (χ2v) is 7.52. The van der Waals surface area contributed by atoms with E-state index in [0.717, 1.165) is 41.9 Å². The first kappa shape index (κ1) is 20.0. The average Bonchev–Trinajstić information content (AvgIpc) is 3.38. The van der Waals surface area contributed by atoms with Crippen LogP contribution >= 0.6 is 0 Å². The van der Waals surface area contributed by atoms with Gasteiger partial charge < -0.3 is 10.2 Å². The second-order valence-electron chi connectivity index (χ2n) is 7.52.